The molecule has 1 aliphatic rings. The van der Waals surface area contributed by atoms with Crippen molar-refractivity contribution in [1.29, 1.82) is 0 Å². The lowest BCUT2D eigenvalue weighted by molar-refractivity contribution is 1.54. The van der Waals surface area contributed by atoms with Crippen LogP contribution in [0.25, 0.3) is 32.7 Å². The molecule has 6 aromatic carbocycles. The molecule has 6 aromatic rings. The highest BCUT2D eigenvalue weighted by atomic mass is 28.3. The van der Waals surface area contributed by atoms with Gasteiger partial charge < -0.3 is 0 Å². The van der Waals surface area contributed by atoms with E-state index in [-0.39, 0.29) is 0 Å². The van der Waals surface area contributed by atoms with E-state index in [9.17, 15) is 0 Å². The maximum absolute atomic E-state index is 2.53. The van der Waals surface area contributed by atoms with Crippen LogP contribution in [0.3, 0.4) is 0 Å². The summed E-state index contributed by atoms with van der Waals surface area (Å²) in [6.07, 6.45) is 0. The van der Waals surface area contributed by atoms with Crippen LogP contribution in [0.1, 0.15) is 5.56 Å². The summed E-state index contributed by atoms with van der Waals surface area (Å²) in [4.78, 5) is 0. The largest absolute Gasteiger partial charge is 0.181 e. The molecule has 0 bridgehead atoms. The van der Waals surface area contributed by atoms with Crippen molar-refractivity contribution in [2.45, 2.75) is 6.92 Å². The van der Waals surface area contributed by atoms with Crippen LogP contribution in [0, 0.1) is 6.92 Å². The molecule has 1 heterocycles. The summed E-state index contributed by atoms with van der Waals surface area (Å²) < 4.78 is 0. The van der Waals surface area contributed by atoms with Gasteiger partial charge in [-0.05, 0) is 72.0 Å². The molecule has 1 heteroatoms. The Bertz CT molecular complexity index is 1660. The minimum absolute atomic E-state index is 1.31. The highest BCUT2D eigenvalue weighted by Gasteiger charge is 2.49. The highest BCUT2D eigenvalue weighted by Crippen LogP contribution is 2.36. The Morgan fingerprint density at radius 1 is 0.471 bits per heavy atom. The molecular formula is C33H24Si. The minimum Gasteiger partial charge on any atom is -0.0623 e. The van der Waals surface area contributed by atoms with Crippen LogP contribution < -0.4 is 20.7 Å². The molecule has 1 aliphatic heterocycles. The molecule has 0 nitrogen and oxygen atoms in total. The van der Waals surface area contributed by atoms with Gasteiger partial charge in [0.25, 0.3) is 0 Å². The lowest BCUT2D eigenvalue weighted by atomic mass is 9.96. The Hall–Kier alpha value is -3.94. The smallest absolute Gasteiger partial charge is 0.0623 e. The summed E-state index contributed by atoms with van der Waals surface area (Å²) in [5.74, 6) is 0. The Morgan fingerprint density at radius 2 is 1.00 bits per heavy atom. The second-order valence-electron chi connectivity index (χ2n) is 9.39. The van der Waals surface area contributed by atoms with Crippen LogP contribution in [0.2, 0.25) is 0 Å². The van der Waals surface area contributed by atoms with Crippen molar-refractivity contribution in [3.8, 4) is 11.1 Å². The second kappa shape index (κ2) is 7.28. The minimum atomic E-state index is -2.53. The molecule has 0 aliphatic carbocycles. The van der Waals surface area contributed by atoms with Gasteiger partial charge in [-0.2, -0.15) is 0 Å². The van der Waals surface area contributed by atoms with Crippen molar-refractivity contribution in [2.24, 2.45) is 0 Å². The molecule has 0 amide bonds. The van der Waals surface area contributed by atoms with E-state index in [2.05, 4.69) is 134 Å². The average Bonchev–Trinajstić information content (AvgIpc) is 3.19. The first-order valence-electron chi connectivity index (χ1n) is 12.0. The maximum atomic E-state index is 2.50. The topological polar surface area (TPSA) is 0 Å². The number of fused-ring (bicyclic) bond motifs is 6. The summed E-state index contributed by atoms with van der Waals surface area (Å²) in [6.45, 7) is 2.26. The molecule has 7 rings (SSSR count). The monoisotopic (exact) mass is 448 g/mol. The van der Waals surface area contributed by atoms with Gasteiger partial charge in [-0.1, -0.05) is 121 Å². The zero-order valence-electron chi connectivity index (χ0n) is 19.1. The first-order chi connectivity index (χ1) is 16.8. The van der Waals surface area contributed by atoms with Gasteiger partial charge in [0.15, 0.2) is 8.07 Å². The molecule has 0 spiro atoms. The van der Waals surface area contributed by atoms with E-state index in [0.29, 0.717) is 0 Å². The first-order valence-corrected chi connectivity index (χ1v) is 14.0. The molecule has 0 radical (unpaired) electrons. The SMILES string of the molecule is Cc1cc2c(c3ccccc13)[Si](c1ccccc1)(c1ccccc1)c1cc3ccccc3cc1-2. The van der Waals surface area contributed by atoms with Crippen LogP contribution in [-0.4, -0.2) is 8.07 Å². The fourth-order valence-corrected chi connectivity index (χ4v) is 11.6. The Morgan fingerprint density at radius 3 is 1.65 bits per heavy atom. The van der Waals surface area contributed by atoms with Crippen molar-refractivity contribution in [3.05, 3.63) is 133 Å². The Kier molecular flexibility index (Phi) is 4.18. The van der Waals surface area contributed by atoms with Crippen molar-refractivity contribution < 1.29 is 0 Å². The average molecular weight is 449 g/mol. The maximum Gasteiger partial charge on any atom is 0.181 e. The Labute approximate surface area is 201 Å². The lowest BCUT2D eigenvalue weighted by Crippen LogP contribution is -2.73. The van der Waals surface area contributed by atoms with Crippen molar-refractivity contribution in [3.63, 3.8) is 0 Å². The van der Waals surface area contributed by atoms with Gasteiger partial charge in [-0.15, -0.1) is 0 Å². The quantitative estimate of drug-likeness (QED) is 0.299. The van der Waals surface area contributed by atoms with Gasteiger partial charge in [0, 0.05) is 0 Å². The zero-order valence-corrected chi connectivity index (χ0v) is 20.1. The molecule has 0 aromatic heterocycles. The number of hydrogen-bond acceptors (Lipinski definition) is 0. The molecule has 0 saturated carbocycles. The third kappa shape index (κ3) is 2.53. The number of aryl methyl sites for hydroxylation is 1. The van der Waals surface area contributed by atoms with Crippen LogP contribution in [0.4, 0.5) is 0 Å². The number of hydrogen-bond donors (Lipinski definition) is 0. The zero-order chi connectivity index (χ0) is 22.7. The van der Waals surface area contributed by atoms with Gasteiger partial charge >= 0.3 is 0 Å². The van der Waals surface area contributed by atoms with Gasteiger partial charge in [0.05, 0.1) is 0 Å². The summed E-state index contributed by atoms with van der Waals surface area (Å²) in [5, 5.41) is 11.3. The molecule has 0 atom stereocenters. The van der Waals surface area contributed by atoms with E-state index in [1.807, 2.05) is 0 Å². The predicted molar refractivity (Wildman–Crippen MR) is 149 cm³/mol. The molecule has 0 fully saturated rings. The lowest BCUT2D eigenvalue weighted by Gasteiger charge is -2.32. The second-order valence-corrected chi connectivity index (χ2v) is 13.1. The van der Waals surface area contributed by atoms with Crippen LogP contribution >= 0.6 is 0 Å². The van der Waals surface area contributed by atoms with Crippen molar-refractivity contribution in [2.75, 3.05) is 0 Å². The fourth-order valence-electron chi connectivity index (χ4n) is 6.22. The van der Waals surface area contributed by atoms with E-state index in [4.69, 9.17) is 0 Å². The molecular weight excluding hydrogens is 424 g/mol. The van der Waals surface area contributed by atoms with Crippen molar-refractivity contribution >= 4 is 50.4 Å². The summed E-state index contributed by atoms with van der Waals surface area (Å²) >= 11 is 0. The molecule has 0 N–H and O–H groups in total. The fraction of sp³-hybridized carbons (Fsp3) is 0.0303. The first kappa shape index (κ1) is 19.5. The molecule has 34 heavy (non-hydrogen) atoms. The van der Waals surface area contributed by atoms with Gasteiger partial charge in [0.1, 0.15) is 0 Å². The van der Waals surface area contributed by atoms with E-state index in [1.165, 1.54) is 59.0 Å². The standard InChI is InChI=1S/C33H24Si/c1-23-20-31-30-21-24-12-8-9-13-25(24)22-32(30)34(26-14-4-2-5-15-26,27-16-6-3-7-17-27)33(31)29-19-11-10-18-28(23)29/h2-22H,1H3. The van der Waals surface area contributed by atoms with Gasteiger partial charge in [-0.3, -0.25) is 0 Å². The summed E-state index contributed by atoms with van der Waals surface area (Å²) in [6, 6.07) is 47.8. The van der Waals surface area contributed by atoms with Gasteiger partial charge in [-0.25, -0.2) is 0 Å². The third-order valence-corrected chi connectivity index (χ3v) is 12.5. The highest BCUT2D eigenvalue weighted by molar-refractivity contribution is 7.23. The van der Waals surface area contributed by atoms with Crippen molar-refractivity contribution in [1.82, 2.24) is 0 Å². The van der Waals surface area contributed by atoms with E-state index >= 15 is 0 Å². The molecule has 0 unspecified atom stereocenters. The molecule has 0 saturated heterocycles. The van der Waals surface area contributed by atoms with E-state index < -0.39 is 8.07 Å². The Balaban J connectivity index is 1.77. The van der Waals surface area contributed by atoms with Gasteiger partial charge in [0.2, 0.25) is 0 Å². The molecule has 160 valence electrons. The number of benzene rings is 6. The van der Waals surface area contributed by atoms with E-state index in [1.54, 1.807) is 0 Å². The predicted octanol–water partition coefficient (Wildman–Crippen LogP) is 5.66. The van der Waals surface area contributed by atoms with Crippen LogP contribution in [0.15, 0.2) is 127 Å². The van der Waals surface area contributed by atoms with Crippen LogP contribution in [-0.2, 0) is 0 Å². The van der Waals surface area contributed by atoms with E-state index in [0.717, 1.165) is 0 Å². The summed E-state index contributed by atoms with van der Waals surface area (Å²) in [5.41, 5.74) is 4.16. The van der Waals surface area contributed by atoms with Crippen LogP contribution in [0.5, 0.6) is 0 Å². The summed E-state index contributed by atoms with van der Waals surface area (Å²) in [7, 11) is -2.53. The normalized spacial score (nSPS) is 13.7. The third-order valence-electron chi connectivity index (χ3n) is 7.62. The number of rotatable bonds is 2.